The Morgan fingerprint density at radius 3 is 2.66 bits per heavy atom. The Morgan fingerprint density at radius 1 is 1.19 bits per heavy atom. The van der Waals surface area contributed by atoms with Crippen LogP contribution < -0.4 is 4.74 Å². The second-order valence-electron chi connectivity index (χ2n) is 9.19. The lowest BCUT2D eigenvalue weighted by atomic mass is 9.85. The number of carboxylic acid groups (broad SMARTS) is 1. The Hall–Kier alpha value is -3.12. The zero-order valence-electron chi connectivity index (χ0n) is 18.4. The van der Waals surface area contributed by atoms with E-state index < -0.39 is 5.97 Å². The average Bonchev–Trinajstić information content (AvgIpc) is 3.20. The fraction of sp³-hybridized carbons (Fsp3) is 0.385. The van der Waals surface area contributed by atoms with Gasteiger partial charge in [0.15, 0.2) is 0 Å². The number of benzene rings is 2. The number of rotatable bonds is 4. The number of carboxylic acids is 1. The minimum absolute atomic E-state index is 0.239. The quantitative estimate of drug-likeness (QED) is 0.759. The molecule has 3 heterocycles. The van der Waals surface area contributed by atoms with E-state index in [1.165, 1.54) is 16.7 Å². The summed E-state index contributed by atoms with van der Waals surface area (Å²) in [7, 11) is 0. The fourth-order valence-corrected chi connectivity index (χ4v) is 4.95. The Morgan fingerprint density at radius 2 is 1.94 bits per heavy atom. The van der Waals surface area contributed by atoms with Gasteiger partial charge in [0.1, 0.15) is 11.4 Å². The normalized spacial score (nSPS) is 19.8. The molecule has 0 unspecified atom stereocenters. The molecule has 0 saturated carbocycles. The van der Waals surface area contributed by atoms with Crippen LogP contribution in [0.5, 0.6) is 5.75 Å². The molecule has 6 heteroatoms. The van der Waals surface area contributed by atoms with Gasteiger partial charge in [-0.1, -0.05) is 36.0 Å². The van der Waals surface area contributed by atoms with Gasteiger partial charge < -0.3 is 14.7 Å². The number of fused-ring (bicyclic) bond motifs is 1. The van der Waals surface area contributed by atoms with E-state index in [-0.39, 0.29) is 11.2 Å². The molecule has 3 aliphatic rings. The maximum atomic E-state index is 11.1. The average molecular weight is 433 g/mol. The minimum Gasteiger partial charge on any atom is -0.478 e. The maximum absolute atomic E-state index is 11.1. The lowest BCUT2D eigenvalue weighted by molar-refractivity contribution is -0.0627. The van der Waals surface area contributed by atoms with Gasteiger partial charge in [0, 0.05) is 45.3 Å². The summed E-state index contributed by atoms with van der Waals surface area (Å²) < 4.78 is 5.87. The van der Waals surface area contributed by atoms with Crippen molar-refractivity contribution in [1.82, 2.24) is 4.90 Å². The van der Waals surface area contributed by atoms with E-state index in [2.05, 4.69) is 35.7 Å². The summed E-state index contributed by atoms with van der Waals surface area (Å²) in [5.41, 5.74) is 5.68. The van der Waals surface area contributed by atoms with Gasteiger partial charge in [0.2, 0.25) is 0 Å². The SMILES string of the molecule is C=C1CCc2cc(CN3CCC4(CC3)CC(c3ccc(C(=O)O)cc3)=NO4)cc(C)c2O1. The molecule has 166 valence electrons. The van der Waals surface area contributed by atoms with Crippen LogP contribution in [0.4, 0.5) is 0 Å². The van der Waals surface area contributed by atoms with Gasteiger partial charge in [-0.15, -0.1) is 0 Å². The Kier molecular flexibility index (Phi) is 5.25. The summed E-state index contributed by atoms with van der Waals surface area (Å²) in [4.78, 5) is 19.5. The van der Waals surface area contributed by atoms with E-state index in [1.54, 1.807) is 12.1 Å². The van der Waals surface area contributed by atoms with E-state index in [4.69, 9.17) is 14.7 Å². The second kappa shape index (κ2) is 8.10. The molecule has 3 aliphatic heterocycles. The molecule has 0 radical (unpaired) electrons. The minimum atomic E-state index is -0.919. The van der Waals surface area contributed by atoms with Gasteiger partial charge >= 0.3 is 5.97 Å². The van der Waals surface area contributed by atoms with E-state index >= 15 is 0 Å². The first-order chi connectivity index (χ1) is 15.4. The zero-order valence-corrected chi connectivity index (χ0v) is 18.4. The van der Waals surface area contributed by atoms with Crippen molar-refractivity contribution in [2.75, 3.05) is 13.1 Å². The number of hydrogen-bond acceptors (Lipinski definition) is 5. The molecule has 1 saturated heterocycles. The van der Waals surface area contributed by atoms with Crippen LogP contribution in [0.3, 0.4) is 0 Å². The van der Waals surface area contributed by atoms with Gasteiger partial charge in [-0.3, -0.25) is 4.90 Å². The first-order valence-electron chi connectivity index (χ1n) is 11.2. The number of oxime groups is 1. The molecule has 1 N–H and O–H groups in total. The number of piperidine rings is 1. The number of nitrogens with zero attached hydrogens (tertiary/aromatic N) is 2. The van der Waals surface area contributed by atoms with Crippen molar-refractivity contribution >= 4 is 11.7 Å². The molecule has 32 heavy (non-hydrogen) atoms. The predicted octanol–water partition coefficient (Wildman–Crippen LogP) is 4.69. The molecule has 6 nitrogen and oxygen atoms in total. The van der Waals surface area contributed by atoms with Crippen molar-refractivity contribution in [3.63, 3.8) is 0 Å². The molecular formula is C26H28N2O4. The van der Waals surface area contributed by atoms with Crippen molar-refractivity contribution in [2.45, 2.75) is 51.2 Å². The summed E-state index contributed by atoms with van der Waals surface area (Å²) in [5, 5.41) is 13.4. The number of carbonyl (C=O) groups is 1. The van der Waals surface area contributed by atoms with Crippen LogP contribution in [0.1, 0.15) is 58.3 Å². The van der Waals surface area contributed by atoms with Gasteiger partial charge in [-0.05, 0) is 47.7 Å². The summed E-state index contributed by atoms with van der Waals surface area (Å²) >= 11 is 0. The van der Waals surface area contributed by atoms with E-state index in [9.17, 15) is 4.79 Å². The molecule has 0 bridgehead atoms. The Labute approximate surface area is 188 Å². The van der Waals surface area contributed by atoms with E-state index in [0.29, 0.717) is 0 Å². The Bertz CT molecular complexity index is 1100. The number of ether oxygens (including phenoxy) is 1. The van der Waals surface area contributed by atoms with E-state index in [1.807, 2.05) is 12.1 Å². The maximum Gasteiger partial charge on any atom is 0.335 e. The van der Waals surface area contributed by atoms with Crippen molar-refractivity contribution in [2.24, 2.45) is 5.16 Å². The van der Waals surface area contributed by atoms with Crippen LogP contribution in [0, 0.1) is 6.92 Å². The van der Waals surface area contributed by atoms with Crippen molar-refractivity contribution in [3.05, 3.63) is 76.6 Å². The zero-order chi connectivity index (χ0) is 22.3. The third-order valence-electron chi connectivity index (χ3n) is 6.81. The summed E-state index contributed by atoms with van der Waals surface area (Å²) in [6.07, 6.45) is 4.51. The van der Waals surface area contributed by atoms with Gasteiger partial charge in [-0.25, -0.2) is 4.79 Å². The molecular weight excluding hydrogens is 404 g/mol. The van der Waals surface area contributed by atoms with Crippen LogP contribution >= 0.6 is 0 Å². The fourth-order valence-electron chi connectivity index (χ4n) is 4.95. The van der Waals surface area contributed by atoms with Gasteiger partial charge in [0.25, 0.3) is 0 Å². The highest BCUT2D eigenvalue weighted by molar-refractivity contribution is 6.02. The monoisotopic (exact) mass is 432 g/mol. The number of aromatic carboxylic acids is 1. The molecule has 2 aromatic carbocycles. The number of aryl methyl sites for hydroxylation is 2. The molecule has 2 aromatic rings. The highest BCUT2D eigenvalue weighted by Gasteiger charge is 2.42. The molecule has 5 rings (SSSR count). The molecule has 1 spiro atoms. The van der Waals surface area contributed by atoms with E-state index in [0.717, 1.165) is 74.5 Å². The van der Waals surface area contributed by atoms with Crippen LogP contribution in [0.15, 0.2) is 53.9 Å². The van der Waals surface area contributed by atoms with Crippen LogP contribution in [0.2, 0.25) is 0 Å². The largest absolute Gasteiger partial charge is 0.478 e. The van der Waals surface area contributed by atoms with Crippen LogP contribution in [0.25, 0.3) is 0 Å². The molecule has 0 atom stereocenters. The summed E-state index contributed by atoms with van der Waals surface area (Å²) in [5.74, 6) is 0.922. The second-order valence-corrected chi connectivity index (χ2v) is 9.19. The lowest BCUT2D eigenvalue weighted by Crippen LogP contribution is -2.44. The van der Waals surface area contributed by atoms with Gasteiger partial charge in [0.05, 0.1) is 17.0 Å². The summed E-state index contributed by atoms with van der Waals surface area (Å²) in [6.45, 7) is 8.93. The predicted molar refractivity (Wildman–Crippen MR) is 122 cm³/mol. The third-order valence-corrected chi connectivity index (χ3v) is 6.81. The molecule has 0 aromatic heterocycles. The van der Waals surface area contributed by atoms with Crippen molar-refractivity contribution in [1.29, 1.82) is 0 Å². The summed E-state index contributed by atoms with van der Waals surface area (Å²) in [6, 6.07) is 11.4. The first-order valence-corrected chi connectivity index (χ1v) is 11.2. The molecule has 0 amide bonds. The number of likely N-dealkylation sites (tertiary alicyclic amines) is 1. The topological polar surface area (TPSA) is 71.4 Å². The standard InChI is InChI=1S/C26H28N2O4/c1-17-13-19(14-22-4-3-18(2)31-24(17)22)16-28-11-9-26(10-12-28)15-23(27-32-26)20-5-7-21(8-6-20)25(29)30/h5-8,13-14H,2-4,9-12,15-16H2,1H3,(H,29,30). The molecule has 1 fully saturated rings. The van der Waals surface area contributed by atoms with Gasteiger partial charge in [-0.2, -0.15) is 0 Å². The van der Waals surface area contributed by atoms with Crippen molar-refractivity contribution in [3.8, 4) is 5.75 Å². The molecule has 0 aliphatic carbocycles. The lowest BCUT2D eigenvalue weighted by Gasteiger charge is -2.37. The smallest absolute Gasteiger partial charge is 0.335 e. The van der Waals surface area contributed by atoms with Crippen LogP contribution in [-0.2, 0) is 17.8 Å². The number of allylic oxidation sites excluding steroid dienone is 1. The highest BCUT2D eigenvalue weighted by atomic mass is 16.7. The number of hydrogen-bond donors (Lipinski definition) is 1. The highest BCUT2D eigenvalue weighted by Crippen LogP contribution is 2.37. The third kappa shape index (κ3) is 4.02. The van der Waals surface area contributed by atoms with Crippen LogP contribution in [-0.4, -0.2) is 40.4 Å². The first kappa shape index (κ1) is 20.8. The van der Waals surface area contributed by atoms with Crippen molar-refractivity contribution < 1.29 is 19.5 Å². The Balaban J connectivity index is 1.19.